The quantitative estimate of drug-likeness (QED) is 0.818. The van der Waals surface area contributed by atoms with Gasteiger partial charge in [-0.25, -0.2) is 4.79 Å². The molecule has 0 bridgehead atoms. The van der Waals surface area contributed by atoms with Gasteiger partial charge in [0.2, 0.25) is 11.8 Å². The molecule has 1 aliphatic heterocycles. The largest absolute Gasteiger partial charge is 0.444 e. The topological polar surface area (TPSA) is 87.7 Å². The minimum Gasteiger partial charge on any atom is -0.444 e. The van der Waals surface area contributed by atoms with Gasteiger partial charge >= 0.3 is 6.09 Å². The monoisotopic (exact) mass is 389 g/mol. The van der Waals surface area contributed by atoms with Gasteiger partial charge in [-0.05, 0) is 57.9 Å². The Morgan fingerprint density at radius 2 is 1.50 bits per heavy atom. The average Bonchev–Trinajstić information content (AvgIpc) is 2.62. The Kier molecular flexibility index (Phi) is 7.05. The number of rotatable bonds is 4. The third kappa shape index (κ3) is 6.55. The Bertz CT molecular complexity index is 699. The van der Waals surface area contributed by atoms with E-state index in [2.05, 4.69) is 10.6 Å². The number of amides is 3. The van der Waals surface area contributed by atoms with Gasteiger partial charge in [0.15, 0.2) is 0 Å². The summed E-state index contributed by atoms with van der Waals surface area (Å²) in [5.74, 6) is -0.332. The van der Waals surface area contributed by atoms with Crippen LogP contribution in [0.3, 0.4) is 0 Å². The maximum Gasteiger partial charge on any atom is 0.410 e. The van der Waals surface area contributed by atoms with Crippen molar-refractivity contribution in [2.75, 3.05) is 23.7 Å². The highest BCUT2D eigenvalue weighted by Gasteiger charge is 2.29. The minimum absolute atomic E-state index is 0.0477. The summed E-state index contributed by atoms with van der Waals surface area (Å²) in [4.78, 5) is 38.0. The van der Waals surface area contributed by atoms with Crippen LogP contribution in [-0.4, -0.2) is 41.5 Å². The first kappa shape index (κ1) is 21.7. The molecule has 0 spiro atoms. The van der Waals surface area contributed by atoms with Crippen LogP contribution in [0.2, 0.25) is 0 Å². The molecule has 0 saturated carbocycles. The fourth-order valence-electron chi connectivity index (χ4n) is 2.82. The predicted molar refractivity (Wildman–Crippen MR) is 109 cm³/mol. The van der Waals surface area contributed by atoms with Gasteiger partial charge < -0.3 is 20.3 Å². The summed E-state index contributed by atoms with van der Waals surface area (Å²) in [6, 6.07) is 7.06. The van der Waals surface area contributed by atoms with Crippen LogP contribution in [0.1, 0.15) is 47.5 Å². The van der Waals surface area contributed by atoms with Crippen LogP contribution in [0.25, 0.3) is 0 Å². The zero-order valence-electron chi connectivity index (χ0n) is 17.4. The molecule has 1 saturated heterocycles. The molecule has 2 rings (SSSR count). The van der Waals surface area contributed by atoms with Crippen molar-refractivity contribution in [3.63, 3.8) is 0 Å². The standard InChI is InChI=1S/C21H31N3O4/c1-14(2)18(25)22-16-6-8-17(9-7-16)23-19(26)15-10-12-24(13-11-15)20(27)28-21(3,4)5/h6-9,14-15H,10-13H2,1-5H3,(H,22,25)(H,23,26). The van der Waals surface area contributed by atoms with Crippen LogP contribution in [-0.2, 0) is 14.3 Å². The first-order valence-electron chi connectivity index (χ1n) is 9.75. The van der Waals surface area contributed by atoms with Gasteiger partial charge in [-0.2, -0.15) is 0 Å². The van der Waals surface area contributed by atoms with Crippen molar-refractivity contribution in [1.82, 2.24) is 4.90 Å². The van der Waals surface area contributed by atoms with Crippen LogP contribution < -0.4 is 10.6 Å². The van der Waals surface area contributed by atoms with Gasteiger partial charge in [0.25, 0.3) is 0 Å². The van der Waals surface area contributed by atoms with Gasteiger partial charge in [0.1, 0.15) is 5.60 Å². The molecule has 0 aromatic heterocycles. The number of ether oxygens (including phenoxy) is 1. The van der Waals surface area contributed by atoms with Crippen LogP contribution in [0.15, 0.2) is 24.3 Å². The summed E-state index contributed by atoms with van der Waals surface area (Å²) >= 11 is 0. The molecule has 1 aliphatic rings. The van der Waals surface area contributed by atoms with E-state index in [1.165, 1.54) is 0 Å². The molecule has 0 aliphatic carbocycles. The van der Waals surface area contributed by atoms with E-state index >= 15 is 0 Å². The Morgan fingerprint density at radius 3 is 1.96 bits per heavy atom. The number of carbonyl (C=O) groups is 3. The van der Waals surface area contributed by atoms with E-state index in [1.54, 1.807) is 29.2 Å². The maximum absolute atomic E-state index is 12.5. The molecule has 1 aromatic carbocycles. The van der Waals surface area contributed by atoms with Crippen molar-refractivity contribution in [1.29, 1.82) is 0 Å². The van der Waals surface area contributed by atoms with Crippen LogP contribution in [0, 0.1) is 11.8 Å². The van der Waals surface area contributed by atoms with Gasteiger partial charge in [-0.1, -0.05) is 13.8 Å². The molecule has 7 heteroatoms. The molecule has 3 amide bonds. The van der Waals surface area contributed by atoms with Gasteiger partial charge in [-0.15, -0.1) is 0 Å². The predicted octanol–water partition coefficient (Wildman–Crippen LogP) is 3.87. The van der Waals surface area contributed by atoms with E-state index in [0.29, 0.717) is 37.3 Å². The van der Waals surface area contributed by atoms with E-state index in [1.807, 2.05) is 34.6 Å². The number of piperidine rings is 1. The number of benzene rings is 1. The first-order chi connectivity index (χ1) is 13.0. The number of likely N-dealkylation sites (tertiary alicyclic amines) is 1. The van der Waals surface area contributed by atoms with Crippen molar-refractivity contribution in [2.24, 2.45) is 11.8 Å². The lowest BCUT2D eigenvalue weighted by Crippen LogP contribution is -2.43. The molecule has 0 radical (unpaired) electrons. The third-order valence-corrected chi connectivity index (χ3v) is 4.46. The number of hydrogen-bond acceptors (Lipinski definition) is 4. The normalized spacial score (nSPS) is 15.3. The summed E-state index contributed by atoms with van der Waals surface area (Å²) < 4.78 is 5.38. The van der Waals surface area contributed by atoms with Crippen LogP contribution in [0.5, 0.6) is 0 Å². The zero-order chi connectivity index (χ0) is 20.9. The highest BCUT2D eigenvalue weighted by molar-refractivity contribution is 5.94. The molecule has 1 fully saturated rings. The molecule has 7 nitrogen and oxygen atoms in total. The molecule has 28 heavy (non-hydrogen) atoms. The van der Waals surface area contributed by atoms with Gasteiger partial charge in [0.05, 0.1) is 0 Å². The van der Waals surface area contributed by atoms with E-state index < -0.39 is 5.60 Å². The lowest BCUT2D eigenvalue weighted by atomic mass is 9.96. The first-order valence-corrected chi connectivity index (χ1v) is 9.75. The number of nitrogens with zero attached hydrogens (tertiary/aromatic N) is 1. The third-order valence-electron chi connectivity index (χ3n) is 4.46. The number of anilines is 2. The molecule has 154 valence electrons. The van der Waals surface area contributed by atoms with Crippen molar-refractivity contribution in [2.45, 2.75) is 53.1 Å². The molecular weight excluding hydrogens is 358 g/mol. The molecule has 0 unspecified atom stereocenters. The Hall–Kier alpha value is -2.57. The molecule has 1 heterocycles. The Labute approximate surface area is 166 Å². The molecular formula is C21H31N3O4. The maximum atomic E-state index is 12.5. The number of carbonyl (C=O) groups excluding carboxylic acids is 3. The van der Waals surface area contributed by atoms with Gasteiger partial charge in [0, 0.05) is 36.3 Å². The SMILES string of the molecule is CC(C)C(=O)Nc1ccc(NC(=O)C2CCN(C(=O)OC(C)(C)C)CC2)cc1. The van der Waals surface area contributed by atoms with E-state index in [-0.39, 0.29) is 29.7 Å². The smallest absolute Gasteiger partial charge is 0.410 e. The van der Waals surface area contributed by atoms with Crippen LogP contribution >= 0.6 is 0 Å². The fraction of sp³-hybridized carbons (Fsp3) is 0.571. The zero-order valence-corrected chi connectivity index (χ0v) is 17.4. The van der Waals surface area contributed by atoms with Crippen molar-refractivity contribution in [3.05, 3.63) is 24.3 Å². The van der Waals surface area contributed by atoms with E-state index in [0.717, 1.165) is 0 Å². The second-order valence-corrected chi connectivity index (χ2v) is 8.45. The van der Waals surface area contributed by atoms with Crippen LogP contribution in [0.4, 0.5) is 16.2 Å². The molecule has 2 N–H and O–H groups in total. The summed E-state index contributed by atoms with van der Waals surface area (Å²) in [5.41, 5.74) is 0.857. The summed E-state index contributed by atoms with van der Waals surface area (Å²) in [7, 11) is 0. The second kappa shape index (κ2) is 9.08. The fourth-order valence-corrected chi connectivity index (χ4v) is 2.82. The van der Waals surface area contributed by atoms with Crippen molar-refractivity contribution in [3.8, 4) is 0 Å². The highest BCUT2D eigenvalue weighted by Crippen LogP contribution is 2.22. The lowest BCUT2D eigenvalue weighted by molar-refractivity contribution is -0.121. The minimum atomic E-state index is -0.522. The summed E-state index contributed by atoms with van der Waals surface area (Å²) in [6.45, 7) is 10.2. The summed E-state index contributed by atoms with van der Waals surface area (Å²) in [6.07, 6.45) is 0.881. The molecule has 1 aromatic rings. The Balaban J connectivity index is 1.82. The number of nitrogens with one attached hydrogen (secondary N) is 2. The van der Waals surface area contributed by atoms with Crippen molar-refractivity contribution < 1.29 is 19.1 Å². The van der Waals surface area contributed by atoms with E-state index in [4.69, 9.17) is 4.74 Å². The average molecular weight is 389 g/mol. The van der Waals surface area contributed by atoms with E-state index in [9.17, 15) is 14.4 Å². The Morgan fingerprint density at radius 1 is 1.00 bits per heavy atom. The summed E-state index contributed by atoms with van der Waals surface area (Å²) in [5, 5.41) is 5.73. The number of hydrogen-bond donors (Lipinski definition) is 2. The van der Waals surface area contributed by atoms with Crippen molar-refractivity contribution >= 4 is 29.3 Å². The van der Waals surface area contributed by atoms with Gasteiger partial charge in [-0.3, -0.25) is 9.59 Å². The second-order valence-electron chi connectivity index (χ2n) is 8.45. The molecule has 0 atom stereocenters. The lowest BCUT2D eigenvalue weighted by Gasteiger charge is -2.32. The highest BCUT2D eigenvalue weighted by atomic mass is 16.6.